The van der Waals surface area contributed by atoms with Crippen LogP contribution in [0.5, 0.6) is 0 Å². The normalized spacial score (nSPS) is 15.8. The van der Waals surface area contributed by atoms with E-state index in [2.05, 4.69) is 15.0 Å². The van der Waals surface area contributed by atoms with Crippen molar-refractivity contribution in [1.82, 2.24) is 14.9 Å². The summed E-state index contributed by atoms with van der Waals surface area (Å²) in [7, 11) is 0. The van der Waals surface area contributed by atoms with Crippen molar-refractivity contribution in [1.29, 1.82) is 0 Å². The van der Waals surface area contributed by atoms with Crippen molar-refractivity contribution in [3.05, 3.63) is 17.2 Å². The molecular formula is C11H16F3N3O. The molecule has 2 heterocycles. The first-order chi connectivity index (χ1) is 8.47. The molecule has 0 bridgehead atoms. The summed E-state index contributed by atoms with van der Waals surface area (Å²) < 4.78 is 42.3. The molecule has 7 heteroatoms. The van der Waals surface area contributed by atoms with E-state index < -0.39 is 12.8 Å². The van der Waals surface area contributed by atoms with E-state index in [1.165, 1.54) is 0 Å². The van der Waals surface area contributed by atoms with E-state index in [9.17, 15) is 13.2 Å². The summed E-state index contributed by atoms with van der Waals surface area (Å²) in [5, 5.41) is 3.21. The maximum absolute atomic E-state index is 11.9. The number of imidazole rings is 1. The van der Waals surface area contributed by atoms with Crippen molar-refractivity contribution >= 4 is 0 Å². The largest absolute Gasteiger partial charge is 0.411 e. The van der Waals surface area contributed by atoms with Gasteiger partial charge in [-0.2, -0.15) is 13.2 Å². The van der Waals surface area contributed by atoms with Crippen LogP contribution >= 0.6 is 0 Å². The van der Waals surface area contributed by atoms with Crippen molar-refractivity contribution in [3.8, 4) is 0 Å². The quantitative estimate of drug-likeness (QED) is 0.835. The highest BCUT2D eigenvalue weighted by Gasteiger charge is 2.27. The van der Waals surface area contributed by atoms with Crippen molar-refractivity contribution < 1.29 is 17.9 Å². The molecule has 1 aromatic heterocycles. The lowest BCUT2D eigenvalue weighted by molar-refractivity contribution is -0.174. The molecule has 0 aromatic carbocycles. The number of nitrogens with one attached hydrogen (secondary N) is 1. The Morgan fingerprint density at radius 2 is 2.22 bits per heavy atom. The van der Waals surface area contributed by atoms with Crippen LogP contribution in [0.1, 0.15) is 17.2 Å². The Morgan fingerprint density at radius 3 is 2.94 bits per heavy atom. The standard InChI is InChI=1S/C11H16F3N3O/c1-8-16-9-6-15-3-2-10(9)17(8)4-5-18-7-11(12,13)14/h15H,2-7H2,1H3. The molecule has 4 nitrogen and oxygen atoms in total. The Hall–Kier alpha value is -1.08. The number of halogens is 3. The fourth-order valence-electron chi connectivity index (χ4n) is 2.15. The predicted octanol–water partition coefficient (Wildman–Crippen LogP) is 1.42. The van der Waals surface area contributed by atoms with Gasteiger partial charge in [-0.05, 0) is 6.92 Å². The molecule has 0 atom stereocenters. The highest BCUT2D eigenvalue weighted by molar-refractivity contribution is 5.19. The molecule has 0 saturated carbocycles. The molecular weight excluding hydrogens is 247 g/mol. The second kappa shape index (κ2) is 5.27. The lowest BCUT2D eigenvalue weighted by Crippen LogP contribution is -2.26. The minimum Gasteiger partial charge on any atom is -0.370 e. The van der Waals surface area contributed by atoms with Gasteiger partial charge in [0, 0.05) is 31.7 Å². The van der Waals surface area contributed by atoms with E-state index >= 15 is 0 Å². The van der Waals surface area contributed by atoms with Gasteiger partial charge >= 0.3 is 6.18 Å². The van der Waals surface area contributed by atoms with Crippen LogP contribution in [0, 0.1) is 6.92 Å². The molecule has 0 unspecified atom stereocenters. The molecule has 18 heavy (non-hydrogen) atoms. The van der Waals surface area contributed by atoms with Crippen LogP contribution in [0.15, 0.2) is 0 Å². The first-order valence-electron chi connectivity index (χ1n) is 5.87. The first-order valence-corrected chi connectivity index (χ1v) is 5.87. The summed E-state index contributed by atoms with van der Waals surface area (Å²) in [6.45, 7) is 2.75. The third kappa shape index (κ3) is 3.23. The first kappa shape index (κ1) is 13.4. The lowest BCUT2D eigenvalue weighted by atomic mass is 10.2. The van der Waals surface area contributed by atoms with Crippen LogP contribution in [0.25, 0.3) is 0 Å². The molecule has 0 amide bonds. The fourth-order valence-corrected chi connectivity index (χ4v) is 2.15. The zero-order valence-corrected chi connectivity index (χ0v) is 10.2. The molecule has 0 radical (unpaired) electrons. The van der Waals surface area contributed by atoms with Crippen LogP contribution in [-0.4, -0.2) is 35.5 Å². The summed E-state index contributed by atoms with van der Waals surface area (Å²) in [5.74, 6) is 0.833. The maximum Gasteiger partial charge on any atom is 0.411 e. The van der Waals surface area contributed by atoms with Crippen LogP contribution < -0.4 is 5.32 Å². The Bertz CT molecular complexity index is 414. The van der Waals surface area contributed by atoms with Gasteiger partial charge < -0.3 is 14.6 Å². The molecule has 0 saturated heterocycles. The van der Waals surface area contributed by atoms with Crippen molar-refractivity contribution in [3.63, 3.8) is 0 Å². The van der Waals surface area contributed by atoms with E-state index in [0.717, 1.165) is 36.7 Å². The predicted molar refractivity (Wildman–Crippen MR) is 59.2 cm³/mol. The van der Waals surface area contributed by atoms with E-state index in [0.29, 0.717) is 6.54 Å². The summed E-state index contributed by atoms with van der Waals surface area (Å²) in [6, 6.07) is 0. The molecule has 1 aromatic rings. The number of aryl methyl sites for hydroxylation is 1. The Kier molecular flexibility index (Phi) is 3.91. The van der Waals surface area contributed by atoms with Gasteiger partial charge in [-0.3, -0.25) is 0 Å². The highest BCUT2D eigenvalue weighted by Crippen LogP contribution is 2.17. The van der Waals surface area contributed by atoms with Crippen LogP contribution in [0.4, 0.5) is 13.2 Å². The molecule has 1 N–H and O–H groups in total. The second-order valence-corrected chi connectivity index (χ2v) is 4.30. The molecule has 1 aliphatic rings. The molecule has 0 spiro atoms. The summed E-state index contributed by atoms with van der Waals surface area (Å²) in [4.78, 5) is 4.40. The van der Waals surface area contributed by atoms with E-state index in [1.54, 1.807) is 0 Å². The van der Waals surface area contributed by atoms with Gasteiger partial charge in [0.2, 0.25) is 0 Å². The summed E-state index contributed by atoms with van der Waals surface area (Å²) >= 11 is 0. The Labute approximate surface area is 103 Å². The fraction of sp³-hybridized carbons (Fsp3) is 0.727. The number of ether oxygens (including phenoxy) is 1. The van der Waals surface area contributed by atoms with Gasteiger partial charge in [-0.25, -0.2) is 4.98 Å². The Morgan fingerprint density at radius 1 is 1.44 bits per heavy atom. The zero-order valence-electron chi connectivity index (χ0n) is 10.2. The minimum absolute atomic E-state index is 0.0522. The summed E-state index contributed by atoms with van der Waals surface area (Å²) in [5.41, 5.74) is 2.11. The molecule has 102 valence electrons. The number of hydrogen-bond donors (Lipinski definition) is 1. The van der Waals surface area contributed by atoms with Gasteiger partial charge in [0.15, 0.2) is 0 Å². The smallest absolute Gasteiger partial charge is 0.370 e. The van der Waals surface area contributed by atoms with Gasteiger partial charge in [0.25, 0.3) is 0 Å². The SMILES string of the molecule is Cc1nc2c(n1CCOCC(F)(F)F)CCNC2. The van der Waals surface area contributed by atoms with Crippen LogP contribution in [-0.2, 0) is 24.2 Å². The van der Waals surface area contributed by atoms with Crippen LogP contribution in [0.3, 0.4) is 0 Å². The highest BCUT2D eigenvalue weighted by atomic mass is 19.4. The maximum atomic E-state index is 11.9. The van der Waals surface area contributed by atoms with E-state index in [-0.39, 0.29) is 6.61 Å². The molecule has 2 rings (SSSR count). The number of alkyl halides is 3. The van der Waals surface area contributed by atoms with Crippen molar-refractivity contribution in [2.24, 2.45) is 0 Å². The number of fused-ring (bicyclic) bond motifs is 1. The number of nitrogens with zero attached hydrogens (tertiary/aromatic N) is 2. The van der Waals surface area contributed by atoms with Crippen molar-refractivity contribution in [2.45, 2.75) is 32.6 Å². The topological polar surface area (TPSA) is 39.1 Å². The Balaban J connectivity index is 1.91. The zero-order chi connectivity index (χ0) is 13.2. The number of rotatable bonds is 4. The number of aromatic nitrogens is 2. The molecule has 0 aliphatic carbocycles. The third-order valence-electron chi connectivity index (χ3n) is 2.90. The van der Waals surface area contributed by atoms with Crippen molar-refractivity contribution in [2.75, 3.05) is 19.8 Å². The lowest BCUT2D eigenvalue weighted by Gasteiger charge is -2.16. The van der Waals surface area contributed by atoms with Gasteiger partial charge in [0.1, 0.15) is 12.4 Å². The van der Waals surface area contributed by atoms with E-state index in [4.69, 9.17) is 0 Å². The van der Waals surface area contributed by atoms with Gasteiger partial charge in [-0.15, -0.1) is 0 Å². The molecule has 0 fully saturated rings. The van der Waals surface area contributed by atoms with E-state index in [1.807, 2.05) is 11.5 Å². The van der Waals surface area contributed by atoms with Crippen LogP contribution in [0.2, 0.25) is 0 Å². The van der Waals surface area contributed by atoms with Gasteiger partial charge in [-0.1, -0.05) is 0 Å². The monoisotopic (exact) mass is 263 g/mol. The second-order valence-electron chi connectivity index (χ2n) is 4.30. The minimum atomic E-state index is -4.26. The average molecular weight is 263 g/mol. The number of hydrogen-bond acceptors (Lipinski definition) is 3. The van der Waals surface area contributed by atoms with Gasteiger partial charge in [0.05, 0.1) is 12.3 Å². The summed E-state index contributed by atoms with van der Waals surface area (Å²) in [6.07, 6.45) is -3.40. The average Bonchev–Trinajstić information content (AvgIpc) is 2.59. The third-order valence-corrected chi connectivity index (χ3v) is 2.90. The molecule has 1 aliphatic heterocycles.